The van der Waals surface area contributed by atoms with Crippen molar-refractivity contribution in [3.63, 3.8) is 0 Å². The second-order valence-electron chi connectivity index (χ2n) is 6.33. The monoisotopic (exact) mass is 328 g/mol. The fourth-order valence-electron chi connectivity index (χ4n) is 3.23. The van der Waals surface area contributed by atoms with Gasteiger partial charge in [-0.15, -0.1) is 0 Å². The Morgan fingerprint density at radius 2 is 1.71 bits per heavy atom. The fraction of sp³-hybridized carbons (Fsp3) is 0.400. The second kappa shape index (κ2) is 8.27. The number of benzene rings is 2. The predicted octanol–water partition coefficient (Wildman–Crippen LogP) is 3.25. The first-order valence-corrected chi connectivity index (χ1v) is 8.69. The summed E-state index contributed by atoms with van der Waals surface area (Å²) in [6, 6.07) is 13.3. The summed E-state index contributed by atoms with van der Waals surface area (Å²) in [6.07, 6.45) is 3.26. The molecule has 0 atom stereocenters. The summed E-state index contributed by atoms with van der Waals surface area (Å²) in [6.45, 7) is 3.46. The maximum absolute atomic E-state index is 14.2. The highest BCUT2D eigenvalue weighted by atomic mass is 19.1. The highest BCUT2D eigenvalue weighted by Gasteiger charge is 2.17. The molecule has 1 fully saturated rings. The third-order valence-corrected chi connectivity index (χ3v) is 4.64. The first kappa shape index (κ1) is 16.9. The minimum Gasteiger partial charge on any atom is -0.392 e. The molecule has 4 heteroatoms. The average Bonchev–Trinajstić information content (AvgIpc) is 3.14. The molecule has 0 aromatic heterocycles. The van der Waals surface area contributed by atoms with Crippen LogP contribution in [0.4, 0.5) is 10.1 Å². The second-order valence-corrected chi connectivity index (χ2v) is 6.33. The molecule has 2 aromatic rings. The van der Waals surface area contributed by atoms with Crippen LogP contribution in [-0.2, 0) is 19.6 Å². The molecule has 0 bridgehead atoms. The van der Waals surface area contributed by atoms with Crippen LogP contribution >= 0.6 is 0 Å². The number of nitrogens with one attached hydrogen (secondary N) is 1. The summed E-state index contributed by atoms with van der Waals surface area (Å²) in [5.74, 6) is -0.126. The van der Waals surface area contributed by atoms with Gasteiger partial charge in [-0.2, -0.15) is 0 Å². The van der Waals surface area contributed by atoms with E-state index in [0.29, 0.717) is 6.54 Å². The molecular formula is C20H25FN2O. The zero-order chi connectivity index (χ0) is 16.8. The zero-order valence-corrected chi connectivity index (χ0v) is 14.0. The molecule has 24 heavy (non-hydrogen) atoms. The van der Waals surface area contributed by atoms with Crippen molar-refractivity contribution < 1.29 is 9.50 Å². The average molecular weight is 328 g/mol. The lowest BCUT2D eigenvalue weighted by Gasteiger charge is -2.22. The highest BCUT2D eigenvalue weighted by molar-refractivity contribution is 5.54. The lowest BCUT2D eigenvalue weighted by molar-refractivity contribution is 0.282. The number of aliphatic hydroxyl groups is 1. The third kappa shape index (κ3) is 4.13. The SMILES string of the molecule is OCc1ccc(CCNCc2c(F)cccc2N2CCCC2)cc1. The van der Waals surface area contributed by atoms with E-state index in [1.165, 1.54) is 18.4 Å². The Bertz CT molecular complexity index is 651. The molecule has 0 spiro atoms. The summed E-state index contributed by atoms with van der Waals surface area (Å²) in [5.41, 5.74) is 3.95. The van der Waals surface area contributed by atoms with E-state index in [9.17, 15) is 4.39 Å². The van der Waals surface area contributed by atoms with Crippen molar-refractivity contribution in [2.24, 2.45) is 0 Å². The van der Waals surface area contributed by atoms with Crippen LogP contribution in [0.1, 0.15) is 29.5 Å². The lowest BCUT2D eigenvalue weighted by Crippen LogP contribution is -2.23. The van der Waals surface area contributed by atoms with Gasteiger partial charge in [-0.05, 0) is 49.1 Å². The van der Waals surface area contributed by atoms with Crippen LogP contribution in [0, 0.1) is 5.82 Å². The van der Waals surface area contributed by atoms with Gasteiger partial charge in [0.05, 0.1) is 6.61 Å². The van der Waals surface area contributed by atoms with Crippen LogP contribution < -0.4 is 10.2 Å². The smallest absolute Gasteiger partial charge is 0.129 e. The van der Waals surface area contributed by atoms with Gasteiger partial charge in [-0.3, -0.25) is 0 Å². The van der Waals surface area contributed by atoms with E-state index in [1.807, 2.05) is 30.3 Å². The molecule has 0 aliphatic carbocycles. The molecule has 3 nitrogen and oxygen atoms in total. The maximum atomic E-state index is 14.2. The van der Waals surface area contributed by atoms with Gasteiger partial charge in [0.2, 0.25) is 0 Å². The van der Waals surface area contributed by atoms with Crippen molar-refractivity contribution >= 4 is 5.69 Å². The minimum absolute atomic E-state index is 0.0745. The van der Waals surface area contributed by atoms with E-state index in [0.717, 1.165) is 42.9 Å². The molecule has 1 saturated heterocycles. The Morgan fingerprint density at radius 3 is 2.42 bits per heavy atom. The van der Waals surface area contributed by atoms with Crippen LogP contribution in [0.25, 0.3) is 0 Å². The molecule has 2 aromatic carbocycles. The predicted molar refractivity (Wildman–Crippen MR) is 95.6 cm³/mol. The highest BCUT2D eigenvalue weighted by Crippen LogP contribution is 2.26. The van der Waals surface area contributed by atoms with Crippen LogP contribution in [0.15, 0.2) is 42.5 Å². The molecular weight excluding hydrogens is 303 g/mol. The summed E-state index contributed by atoms with van der Waals surface area (Å²) < 4.78 is 14.2. The molecule has 0 radical (unpaired) electrons. The van der Waals surface area contributed by atoms with Crippen molar-refractivity contribution in [2.45, 2.75) is 32.4 Å². The number of rotatable bonds is 7. The Hall–Kier alpha value is -1.91. The topological polar surface area (TPSA) is 35.5 Å². The first-order chi connectivity index (χ1) is 11.8. The quantitative estimate of drug-likeness (QED) is 0.766. The van der Waals surface area contributed by atoms with Gasteiger partial charge in [0.1, 0.15) is 5.82 Å². The number of aliphatic hydroxyl groups excluding tert-OH is 1. The van der Waals surface area contributed by atoms with Gasteiger partial charge < -0.3 is 15.3 Å². The number of anilines is 1. The Balaban J connectivity index is 1.56. The van der Waals surface area contributed by atoms with Gasteiger partial charge in [-0.1, -0.05) is 30.3 Å². The van der Waals surface area contributed by atoms with Crippen molar-refractivity contribution in [3.05, 3.63) is 65.0 Å². The number of hydrogen-bond donors (Lipinski definition) is 2. The first-order valence-electron chi connectivity index (χ1n) is 8.69. The standard InChI is InChI=1S/C20H25FN2O/c21-19-4-3-5-20(23-12-1-2-13-23)18(19)14-22-11-10-16-6-8-17(15-24)9-7-16/h3-9,22,24H,1-2,10-15H2. The van der Waals surface area contributed by atoms with Crippen molar-refractivity contribution in [1.29, 1.82) is 0 Å². The van der Waals surface area contributed by atoms with E-state index >= 15 is 0 Å². The Labute approximate surface area is 143 Å². The van der Waals surface area contributed by atoms with Crippen molar-refractivity contribution in [1.82, 2.24) is 5.32 Å². The van der Waals surface area contributed by atoms with Gasteiger partial charge >= 0.3 is 0 Å². The number of halogens is 1. The van der Waals surface area contributed by atoms with Crippen molar-refractivity contribution in [2.75, 3.05) is 24.5 Å². The van der Waals surface area contributed by atoms with E-state index < -0.39 is 0 Å². The minimum atomic E-state index is -0.126. The molecule has 128 valence electrons. The molecule has 0 saturated carbocycles. The summed E-state index contributed by atoms with van der Waals surface area (Å²) >= 11 is 0. The molecule has 2 N–H and O–H groups in total. The Morgan fingerprint density at radius 1 is 1.00 bits per heavy atom. The van der Waals surface area contributed by atoms with Crippen LogP contribution in [-0.4, -0.2) is 24.7 Å². The normalized spacial score (nSPS) is 14.3. The summed E-state index contributed by atoms with van der Waals surface area (Å²) in [7, 11) is 0. The summed E-state index contributed by atoms with van der Waals surface area (Å²) in [5, 5.41) is 12.4. The zero-order valence-electron chi connectivity index (χ0n) is 14.0. The van der Waals surface area contributed by atoms with Crippen LogP contribution in [0.5, 0.6) is 0 Å². The van der Waals surface area contributed by atoms with Gasteiger partial charge in [0.25, 0.3) is 0 Å². The maximum Gasteiger partial charge on any atom is 0.129 e. The van der Waals surface area contributed by atoms with Crippen LogP contribution in [0.3, 0.4) is 0 Å². The van der Waals surface area contributed by atoms with E-state index in [-0.39, 0.29) is 12.4 Å². The van der Waals surface area contributed by atoms with E-state index in [4.69, 9.17) is 5.11 Å². The third-order valence-electron chi connectivity index (χ3n) is 4.64. The number of hydrogen-bond acceptors (Lipinski definition) is 3. The van der Waals surface area contributed by atoms with E-state index in [2.05, 4.69) is 10.2 Å². The van der Waals surface area contributed by atoms with Gasteiger partial charge in [-0.25, -0.2) is 4.39 Å². The largest absolute Gasteiger partial charge is 0.392 e. The molecule has 1 heterocycles. The Kier molecular flexibility index (Phi) is 5.83. The molecule has 0 amide bonds. The van der Waals surface area contributed by atoms with E-state index in [1.54, 1.807) is 12.1 Å². The molecule has 0 unspecified atom stereocenters. The number of nitrogens with zero attached hydrogens (tertiary/aromatic N) is 1. The lowest BCUT2D eigenvalue weighted by atomic mass is 10.1. The van der Waals surface area contributed by atoms with Gasteiger partial charge in [0.15, 0.2) is 0 Å². The molecule has 3 rings (SSSR count). The van der Waals surface area contributed by atoms with Gasteiger partial charge in [0, 0.05) is 30.9 Å². The molecule has 1 aliphatic rings. The summed E-state index contributed by atoms with van der Waals surface area (Å²) in [4.78, 5) is 2.29. The van der Waals surface area contributed by atoms with Crippen LogP contribution in [0.2, 0.25) is 0 Å². The fourth-order valence-corrected chi connectivity index (χ4v) is 3.23. The molecule has 1 aliphatic heterocycles. The van der Waals surface area contributed by atoms with Crippen molar-refractivity contribution in [3.8, 4) is 0 Å².